The maximum absolute atomic E-state index is 13.1. The van der Waals surface area contributed by atoms with Gasteiger partial charge in [0.25, 0.3) is 0 Å². The molecule has 7 heteroatoms. The number of nitrogens with zero attached hydrogens (tertiary/aromatic N) is 3. The van der Waals surface area contributed by atoms with Gasteiger partial charge < -0.3 is 14.6 Å². The molecule has 3 aromatic rings. The Bertz CT molecular complexity index is 1140. The Hall–Kier alpha value is -3.19. The average molecular weight is 567 g/mol. The maximum atomic E-state index is 13.1. The average Bonchev–Trinajstić information content (AvgIpc) is 2.89. The van der Waals surface area contributed by atoms with E-state index in [0.29, 0.717) is 6.42 Å². The third kappa shape index (κ3) is 6.21. The molecule has 0 unspecified atom stereocenters. The number of hydrogen-bond donors (Lipinski definition) is 0. The summed E-state index contributed by atoms with van der Waals surface area (Å²) < 4.78 is 0.882. The molecule has 0 saturated heterocycles. The number of benzene rings is 3. The molecule has 37 heavy (non-hydrogen) atoms. The first-order chi connectivity index (χ1) is 17.5. The summed E-state index contributed by atoms with van der Waals surface area (Å²) in [5.41, 5.74) is 3.56. The predicted molar refractivity (Wildman–Crippen MR) is 156 cm³/mol. The van der Waals surface area contributed by atoms with Crippen LogP contribution in [0, 0.1) is 15.5 Å². The van der Waals surface area contributed by atoms with E-state index in [1.807, 2.05) is 125 Å². The molecule has 0 aliphatic rings. The molecule has 6 nitrogen and oxygen atoms in total. The van der Waals surface area contributed by atoms with Crippen molar-refractivity contribution in [3.05, 3.63) is 104 Å². The lowest BCUT2D eigenvalue weighted by Gasteiger charge is -2.37. The zero-order valence-corrected chi connectivity index (χ0v) is 24.0. The van der Waals surface area contributed by atoms with E-state index in [1.54, 1.807) is 0 Å². The molecular weight excluding hydrogens is 530 g/mol. The summed E-state index contributed by atoms with van der Waals surface area (Å²) in [6.45, 7) is 3.76. The second-order valence-electron chi connectivity index (χ2n) is 10.2. The fourth-order valence-electron chi connectivity index (χ4n) is 5.00. The van der Waals surface area contributed by atoms with Crippen LogP contribution in [0.15, 0.2) is 77.3 Å². The summed E-state index contributed by atoms with van der Waals surface area (Å²) >= 11 is 3.47. The lowest BCUT2D eigenvalue weighted by Crippen LogP contribution is -2.43. The van der Waals surface area contributed by atoms with Crippen molar-refractivity contribution in [1.29, 1.82) is 0 Å². The standard InChI is InChI=1S/C30H36BrN3O3/c1-7-30(2,20-35)28(23-8-14-24(31)15-9-23)29(34(36)37)27(21-10-16-25(17-11-21)32(3)4)22-12-18-26(19-13-22)33(5)6/h8-20,27-29H,7H2,1-6H3/t28-,29-,30-/m0/s1. The highest BCUT2D eigenvalue weighted by Gasteiger charge is 2.50. The van der Waals surface area contributed by atoms with E-state index in [9.17, 15) is 14.9 Å². The Kier molecular flexibility index (Phi) is 9.13. The molecule has 0 aliphatic carbocycles. The largest absolute Gasteiger partial charge is 0.378 e. The molecule has 196 valence electrons. The molecule has 0 amide bonds. The monoisotopic (exact) mass is 565 g/mol. The molecular formula is C30H36BrN3O3. The normalized spacial score (nSPS) is 14.5. The van der Waals surface area contributed by atoms with Gasteiger partial charge in [0.1, 0.15) is 6.29 Å². The number of carbonyl (C=O) groups excluding carboxylic acids is 1. The van der Waals surface area contributed by atoms with Crippen molar-refractivity contribution >= 4 is 33.6 Å². The van der Waals surface area contributed by atoms with Gasteiger partial charge in [-0.1, -0.05) is 66.2 Å². The Morgan fingerprint density at radius 1 is 0.838 bits per heavy atom. The van der Waals surface area contributed by atoms with Crippen molar-refractivity contribution < 1.29 is 9.72 Å². The summed E-state index contributed by atoms with van der Waals surface area (Å²) in [6.07, 6.45) is 1.38. The van der Waals surface area contributed by atoms with Crippen LogP contribution in [0.3, 0.4) is 0 Å². The van der Waals surface area contributed by atoms with Crippen LogP contribution in [-0.4, -0.2) is 45.4 Å². The zero-order valence-electron chi connectivity index (χ0n) is 22.4. The van der Waals surface area contributed by atoms with Crippen LogP contribution < -0.4 is 9.80 Å². The molecule has 0 bridgehead atoms. The second kappa shape index (κ2) is 11.9. The van der Waals surface area contributed by atoms with Crippen LogP contribution in [-0.2, 0) is 4.79 Å². The molecule has 0 fully saturated rings. The van der Waals surface area contributed by atoms with Crippen molar-refractivity contribution in [2.45, 2.75) is 38.1 Å². The minimum Gasteiger partial charge on any atom is -0.378 e. The van der Waals surface area contributed by atoms with Gasteiger partial charge in [-0.25, -0.2) is 0 Å². The first kappa shape index (κ1) is 28.4. The molecule has 3 rings (SSSR count). The van der Waals surface area contributed by atoms with Gasteiger partial charge in [-0.3, -0.25) is 10.1 Å². The van der Waals surface area contributed by atoms with Crippen molar-refractivity contribution in [1.82, 2.24) is 0 Å². The highest BCUT2D eigenvalue weighted by molar-refractivity contribution is 9.10. The van der Waals surface area contributed by atoms with Crippen LogP contribution in [0.4, 0.5) is 11.4 Å². The van der Waals surface area contributed by atoms with E-state index >= 15 is 0 Å². The SMILES string of the molecule is CC[C@@](C)(C=O)[C@@H](c1ccc(Br)cc1)[C@H](C(c1ccc(N(C)C)cc1)c1ccc(N(C)C)cc1)[N+](=O)[O-]. The van der Waals surface area contributed by atoms with Gasteiger partial charge in [-0.2, -0.15) is 0 Å². The Morgan fingerprint density at radius 2 is 1.24 bits per heavy atom. The maximum Gasteiger partial charge on any atom is 0.231 e. The number of rotatable bonds is 11. The molecule has 0 saturated carbocycles. The number of carbonyl (C=O) groups is 1. The Labute approximate surface area is 228 Å². The van der Waals surface area contributed by atoms with Crippen molar-refractivity contribution in [3.8, 4) is 0 Å². The van der Waals surface area contributed by atoms with Crippen molar-refractivity contribution in [2.24, 2.45) is 5.41 Å². The fourth-order valence-corrected chi connectivity index (χ4v) is 5.26. The third-order valence-electron chi connectivity index (χ3n) is 7.43. The van der Waals surface area contributed by atoms with Crippen LogP contribution in [0.1, 0.15) is 48.8 Å². The number of aldehydes is 1. The molecule has 0 heterocycles. The van der Waals surface area contributed by atoms with Gasteiger partial charge in [0, 0.05) is 54.4 Å². The molecule has 0 aromatic heterocycles. The smallest absolute Gasteiger partial charge is 0.231 e. The van der Waals surface area contributed by atoms with Gasteiger partial charge >= 0.3 is 0 Å². The van der Waals surface area contributed by atoms with E-state index in [0.717, 1.165) is 38.8 Å². The number of halogens is 1. The molecule has 3 aromatic carbocycles. The molecule has 0 aliphatic heterocycles. The van der Waals surface area contributed by atoms with E-state index in [-0.39, 0.29) is 4.92 Å². The van der Waals surface area contributed by atoms with E-state index < -0.39 is 23.3 Å². The first-order valence-corrected chi connectivity index (χ1v) is 13.2. The predicted octanol–water partition coefficient (Wildman–Crippen LogP) is 6.76. The number of anilines is 2. The van der Waals surface area contributed by atoms with Crippen LogP contribution >= 0.6 is 15.9 Å². The third-order valence-corrected chi connectivity index (χ3v) is 7.96. The number of hydrogen-bond acceptors (Lipinski definition) is 5. The second-order valence-corrected chi connectivity index (χ2v) is 11.1. The van der Waals surface area contributed by atoms with Crippen LogP contribution in [0.2, 0.25) is 0 Å². The summed E-state index contributed by atoms with van der Waals surface area (Å²) in [6, 6.07) is 22.3. The topological polar surface area (TPSA) is 66.7 Å². The van der Waals surface area contributed by atoms with E-state index in [4.69, 9.17) is 0 Å². The molecule has 0 radical (unpaired) electrons. The Morgan fingerprint density at radius 3 is 1.57 bits per heavy atom. The summed E-state index contributed by atoms with van der Waals surface area (Å²) in [5.74, 6) is -1.22. The van der Waals surface area contributed by atoms with Gasteiger partial charge in [0.15, 0.2) is 0 Å². The van der Waals surface area contributed by atoms with Crippen LogP contribution in [0.5, 0.6) is 0 Å². The Balaban J connectivity index is 2.30. The van der Waals surface area contributed by atoms with Gasteiger partial charge in [-0.15, -0.1) is 0 Å². The summed E-state index contributed by atoms with van der Waals surface area (Å²) in [7, 11) is 7.86. The summed E-state index contributed by atoms with van der Waals surface area (Å²) in [5, 5.41) is 13.1. The molecule has 0 N–H and O–H groups in total. The summed E-state index contributed by atoms with van der Waals surface area (Å²) in [4.78, 5) is 29.4. The van der Waals surface area contributed by atoms with Gasteiger partial charge in [-0.05, 0) is 59.5 Å². The molecule has 0 spiro atoms. The quantitative estimate of drug-likeness (QED) is 0.146. The first-order valence-electron chi connectivity index (χ1n) is 12.4. The van der Waals surface area contributed by atoms with Crippen molar-refractivity contribution in [2.75, 3.05) is 38.0 Å². The van der Waals surface area contributed by atoms with Gasteiger partial charge in [0.2, 0.25) is 6.04 Å². The van der Waals surface area contributed by atoms with Crippen LogP contribution in [0.25, 0.3) is 0 Å². The highest BCUT2D eigenvalue weighted by atomic mass is 79.9. The minimum atomic E-state index is -1.08. The fraction of sp³-hybridized carbons (Fsp3) is 0.367. The van der Waals surface area contributed by atoms with Gasteiger partial charge in [0.05, 0.1) is 11.8 Å². The lowest BCUT2D eigenvalue weighted by molar-refractivity contribution is -0.532. The lowest BCUT2D eigenvalue weighted by atomic mass is 9.64. The van der Waals surface area contributed by atoms with E-state index in [2.05, 4.69) is 15.9 Å². The minimum absolute atomic E-state index is 0.186. The molecule has 3 atom stereocenters. The number of nitro groups is 1. The van der Waals surface area contributed by atoms with Crippen molar-refractivity contribution in [3.63, 3.8) is 0 Å². The van der Waals surface area contributed by atoms with E-state index in [1.165, 1.54) is 0 Å². The highest BCUT2D eigenvalue weighted by Crippen LogP contribution is 2.47. The zero-order chi connectivity index (χ0) is 27.3.